The Bertz CT molecular complexity index is 947. The first-order valence-electron chi connectivity index (χ1n) is 9.90. The minimum Gasteiger partial charge on any atom is -0.357 e. The number of benzene rings is 1. The maximum atomic E-state index is 14.2. The van der Waals surface area contributed by atoms with Gasteiger partial charge in [0.15, 0.2) is 5.96 Å². The van der Waals surface area contributed by atoms with Crippen LogP contribution < -0.4 is 10.6 Å². The zero-order chi connectivity index (χ0) is 19.4. The maximum Gasteiger partial charge on any atom is 0.191 e. The van der Waals surface area contributed by atoms with Crippen molar-refractivity contribution in [3.05, 3.63) is 71.9 Å². The van der Waals surface area contributed by atoms with E-state index in [0.29, 0.717) is 6.54 Å². The number of hydrogen-bond donors (Lipinski definition) is 2. The molecule has 0 bridgehead atoms. The highest BCUT2D eigenvalue weighted by Crippen LogP contribution is 2.49. The second-order valence-electron chi connectivity index (χ2n) is 7.33. The van der Waals surface area contributed by atoms with Crippen LogP contribution in [0.5, 0.6) is 0 Å². The Hall–Kier alpha value is -2.16. The molecule has 154 valence electrons. The van der Waals surface area contributed by atoms with Crippen molar-refractivity contribution in [1.29, 1.82) is 0 Å². The molecule has 29 heavy (non-hydrogen) atoms. The summed E-state index contributed by atoms with van der Waals surface area (Å²) in [5.41, 5.74) is 2.65. The van der Waals surface area contributed by atoms with Crippen LogP contribution >= 0.6 is 24.0 Å². The molecule has 0 amide bonds. The van der Waals surface area contributed by atoms with E-state index in [0.717, 1.165) is 55.2 Å². The first-order valence-corrected chi connectivity index (χ1v) is 9.90. The smallest absolute Gasteiger partial charge is 0.191 e. The molecule has 7 heteroatoms. The zero-order valence-corrected chi connectivity index (χ0v) is 18.9. The Kier molecular flexibility index (Phi) is 7.10. The molecule has 0 unspecified atom stereocenters. The summed E-state index contributed by atoms with van der Waals surface area (Å²) >= 11 is 0. The monoisotopic (exact) mass is 507 g/mol. The SMILES string of the molecule is CCNC(=NCC1(c2ccccc2F)CC1)NCCc1cn2ccccc2n1.I. The minimum absolute atomic E-state index is 0. The molecular formula is C22H27FIN5. The number of rotatable bonds is 7. The molecule has 0 aliphatic heterocycles. The lowest BCUT2D eigenvalue weighted by Crippen LogP contribution is -2.39. The predicted octanol–water partition coefficient (Wildman–Crippen LogP) is 3.92. The number of fused-ring (bicyclic) bond motifs is 1. The second-order valence-corrected chi connectivity index (χ2v) is 7.33. The van der Waals surface area contributed by atoms with Crippen molar-refractivity contribution in [2.24, 2.45) is 4.99 Å². The summed E-state index contributed by atoms with van der Waals surface area (Å²) in [4.78, 5) is 9.36. The largest absolute Gasteiger partial charge is 0.357 e. The molecule has 3 aromatic rings. The molecule has 1 fully saturated rings. The molecule has 2 N–H and O–H groups in total. The van der Waals surface area contributed by atoms with E-state index in [1.807, 2.05) is 47.9 Å². The lowest BCUT2D eigenvalue weighted by molar-refractivity contribution is 0.572. The average Bonchev–Trinajstić information content (AvgIpc) is 3.37. The number of guanidine groups is 1. The highest BCUT2D eigenvalue weighted by atomic mass is 127. The summed E-state index contributed by atoms with van der Waals surface area (Å²) < 4.78 is 16.2. The van der Waals surface area contributed by atoms with Gasteiger partial charge in [-0.15, -0.1) is 24.0 Å². The average molecular weight is 507 g/mol. The number of hydrogen-bond acceptors (Lipinski definition) is 2. The molecule has 1 aromatic carbocycles. The molecule has 0 spiro atoms. The van der Waals surface area contributed by atoms with E-state index in [1.165, 1.54) is 6.07 Å². The number of halogens is 2. The number of nitrogens with zero attached hydrogens (tertiary/aromatic N) is 3. The molecule has 0 radical (unpaired) electrons. The van der Waals surface area contributed by atoms with Gasteiger partial charge in [0.05, 0.1) is 12.2 Å². The van der Waals surface area contributed by atoms with E-state index in [2.05, 4.69) is 21.8 Å². The molecule has 0 saturated heterocycles. The van der Waals surface area contributed by atoms with Crippen LogP contribution in [0, 0.1) is 5.82 Å². The van der Waals surface area contributed by atoms with Gasteiger partial charge in [0.2, 0.25) is 0 Å². The fourth-order valence-electron chi connectivity index (χ4n) is 3.54. The van der Waals surface area contributed by atoms with Crippen LogP contribution in [0.2, 0.25) is 0 Å². The van der Waals surface area contributed by atoms with E-state index in [1.54, 1.807) is 6.07 Å². The summed E-state index contributed by atoms with van der Waals surface area (Å²) in [6.45, 7) is 4.16. The highest BCUT2D eigenvalue weighted by Gasteiger charge is 2.45. The lowest BCUT2D eigenvalue weighted by Gasteiger charge is -2.16. The number of imidazole rings is 1. The Morgan fingerprint density at radius 2 is 1.97 bits per heavy atom. The van der Waals surface area contributed by atoms with Gasteiger partial charge in [0.25, 0.3) is 0 Å². The van der Waals surface area contributed by atoms with Gasteiger partial charge < -0.3 is 15.0 Å². The van der Waals surface area contributed by atoms with Crippen LogP contribution in [-0.4, -0.2) is 35.0 Å². The molecule has 2 aromatic heterocycles. The van der Waals surface area contributed by atoms with Gasteiger partial charge >= 0.3 is 0 Å². The van der Waals surface area contributed by atoms with Crippen LogP contribution in [0.3, 0.4) is 0 Å². The number of aromatic nitrogens is 2. The quantitative estimate of drug-likeness (QED) is 0.290. The van der Waals surface area contributed by atoms with Crippen LogP contribution in [0.4, 0.5) is 4.39 Å². The zero-order valence-electron chi connectivity index (χ0n) is 16.6. The summed E-state index contributed by atoms with van der Waals surface area (Å²) in [5.74, 6) is 0.647. The van der Waals surface area contributed by atoms with Crippen LogP contribution in [0.15, 0.2) is 59.9 Å². The fourth-order valence-corrected chi connectivity index (χ4v) is 3.54. The van der Waals surface area contributed by atoms with Crippen LogP contribution in [0.25, 0.3) is 5.65 Å². The molecule has 1 saturated carbocycles. The van der Waals surface area contributed by atoms with Crippen molar-refractivity contribution >= 4 is 35.6 Å². The van der Waals surface area contributed by atoms with Crippen molar-refractivity contribution in [1.82, 2.24) is 20.0 Å². The second kappa shape index (κ2) is 9.56. The molecule has 1 aliphatic carbocycles. The van der Waals surface area contributed by atoms with Crippen molar-refractivity contribution in [2.75, 3.05) is 19.6 Å². The minimum atomic E-state index is -0.144. The fraction of sp³-hybridized carbons (Fsp3) is 0.364. The topological polar surface area (TPSA) is 53.7 Å². The summed E-state index contributed by atoms with van der Waals surface area (Å²) in [7, 11) is 0. The van der Waals surface area contributed by atoms with Gasteiger partial charge in [-0.2, -0.15) is 0 Å². The van der Waals surface area contributed by atoms with Crippen LogP contribution in [-0.2, 0) is 11.8 Å². The Balaban J connectivity index is 0.00000240. The number of aliphatic imine (C=N–C) groups is 1. The lowest BCUT2D eigenvalue weighted by atomic mass is 9.95. The molecule has 1 aliphatic rings. The predicted molar refractivity (Wildman–Crippen MR) is 126 cm³/mol. The molecule has 4 rings (SSSR count). The van der Waals surface area contributed by atoms with Crippen molar-refractivity contribution in [3.63, 3.8) is 0 Å². The highest BCUT2D eigenvalue weighted by molar-refractivity contribution is 14.0. The molecular weight excluding hydrogens is 480 g/mol. The first kappa shape index (κ1) is 21.5. The van der Waals surface area contributed by atoms with Gasteiger partial charge in [-0.3, -0.25) is 4.99 Å². The molecule has 0 atom stereocenters. The molecule has 5 nitrogen and oxygen atoms in total. The van der Waals surface area contributed by atoms with E-state index in [4.69, 9.17) is 4.99 Å². The third kappa shape index (κ3) is 5.07. The van der Waals surface area contributed by atoms with Gasteiger partial charge in [-0.25, -0.2) is 9.37 Å². The van der Waals surface area contributed by atoms with Gasteiger partial charge in [-0.05, 0) is 43.5 Å². The Morgan fingerprint density at radius 3 is 2.69 bits per heavy atom. The van der Waals surface area contributed by atoms with Crippen molar-refractivity contribution in [2.45, 2.75) is 31.6 Å². The summed E-state index contributed by atoms with van der Waals surface area (Å²) in [6, 6.07) is 13.1. The third-order valence-electron chi connectivity index (χ3n) is 5.27. The third-order valence-corrected chi connectivity index (χ3v) is 5.27. The standard InChI is InChI=1S/C22H26FN5.HI/c1-2-24-21(25-13-10-17-15-28-14-6-5-9-20(28)27-17)26-16-22(11-12-22)18-7-3-4-8-19(18)23;/h3-9,14-15H,2,10-13,16H2,1H3,(H2,24,25,26);1H. The first-order chi connectivity index (χ1) is 13.7. The van der Waals surface area contributed by atoms with Gasteiger partial charge in [-0.1, -0.05) is 24.3 Å². The maximum absolute atomic E-state index is 14.2. The number of pyridine rings is 1. The normalized spacial score (nSPS) is 15.0. The van der Waals surface area contributed by atoms with E-state index < -0.39 is 0 Å². The van der Waals surface area contributed by atoms with Crippen LogP contribution in [0.1, 0.15) is 31.0 Å². The van der Waals surface area contributed by atoms with Gasteiger partial charge in [0, 0.05) is 37.3 Å². The van der Waals surface area contributed by atoms with E-state index in [-0.39, 0.29) is 35.2 Å². The van der Waals surface area contributed by atoms with Crippen molar-refractivity contribution in [3.8, 4) is 0 Å². The van der Waals surface area contributed by atoms with Crippen molar-refractivity contribution < 1.29 is 4.39 Å². The summed E-state index contributed by atoms with van der Waals surface area (Å²) in [5, 5.41) is 6.66. The van der Waals surface area contributed by atoms with Gasteiger partial charge in [0.1, 0.15) is 11.5 Å². The van der Waals surface area contributed by atoms with E-state index in [9.17, 15) is 4.39 Å². The van der Waals surface area contributed by atoms with E-state index >= 15 is 0 Å². The number of nitrogens with one attached hydrogen (secondary N) is 2. The summed E-state index contributed by atoms with van der Waals surface area (Å²) in [6.07, 6.45) is 6.84. The Labute approximate surface area is 187 Å². The Morgan fingerprint density at radius 1 is 1.17 bits per heavy atom. The molecule has 2 heterocycles.